The van der Waals surface area contributed by atoms with Crippen molar-refractivity contribution < 1.29 is 9.21 Å². The number of likely N-dealkylation sites (N-methyl/N-ethyl adjacent to an activating group) is 1. The Morgan fingerprint density at radius 3 is 2.86 bits per heavy atom. The smallest absolute Gasteiger partial charge is 0.239 e. The zero-order valence-electron chi connectivity index (χ0n) is 12.9. The summed E-state index contributed by atoms with van der Waals surface area (Å²) >= 11 is 0. The largest absolute Gasteiger partial charge is 0.467 e. The van der Waals surface area contributed by atoms with Crippen molar-refractivity contribution in [1.29, 1.82) is 0 Å². The molecule has 0 spiro atoms. The van der Waals surface area contributed by atoms with Crippen LogP contribution in [0, 0.1) is 0 Å². The van der Waals surface area contributed by atoms with E-state index in [2.05, 4.69) is 10.3 Å². The summed E-state index contributed by atoms with van der Waals surface area (Å²) in [5, 5.41) is 3.31. The molecule has 0 saturated carbocycles. The molecule has 6 heteroatoms. The number of carbonyl (C=O) groups excluding carboxylic acids is 1. The average Bonchev–Trinajstić information content (AvgIpc) is 3.14. The molecule has 0 bridgehead atoms. The summed E-state index contributed by atoms with van der Waals surface area (Å²) in [6.45, 7) is 4.49. The number of hydrogen-bond donors (Lipinski definition) is 1. The van der Waals surface area contributed by atoms with E-state index >= 15 is 0 Å². The SMILES string of the molecule is CCN(C)C(=O)C(C)NC(c1ccco1)c1nccn1C. The Balaban J connectivity index is 2.22. The van der Waals surface area contributed by atoms with Gasteiger partial charge in [0.2, 0.25) is 5.91 Å². The van der Waals surface area contributed by atoms with E-state index in [9.17, 15) is 4.79 Å². The molecule has 2 heterocycles. The van der Waals surface area contributed by atoms with Crippen molar-refractivity contribution in [3.63, 3.8) is 0 Å². The third kappa shape index (κ3) is 3.33. The summed E-state index contributed by atoms with van der Waals surface area (Å²) in [4.78, 5) is 18.3. The molecule has 114 valence electrons. The van der Waals surface area contributed by atoms with Crippen LogP contribution in [-0.4, -0.2) is 40.0 Å². The number of amides is 1. The van der Waals surface area contributed by atoms with Crippen LogP contribution >= 0.6 is 0 Å². The lowest BCUT2D eigenvalue weighted by molar-refractivity contribution is -0.131. The molecule has 2 rings (SSSR count). The third-order valence-corrected chi connectivity index (χ3v) is 3.58. The maximum absolute atomic E-state index is 12.2. The molecule has 6 nitrogen and oxygen atoms in total. The highest BCUT2D eigenvalue weighted by Gasteiger charge is 2.26. The number of aryl methyl sites for hydroxylation is 1. The van der Waals surface area contributed by atoms with E-state index in [0.29, 0.717) is 6.54 Å². The van der Waals surface area contributed by atoms with Crippen LogP contribution in [0.1, 0.15) is 31.5 Å². The van der Waals surface area contributed by atoms with Gasteiger partial charge in [0.1, 0.15) is 17.6 Å². The topological polar surface area (TPSA) is 63.3 Å². The van der Waals surface area contributed by atoms with Crippen LogP contribution in [0.25, 0.3) is 0 Å². The molecule has 0 aromatic carbocycles. The first-order valence-electron chi connectivity index (χ1n) is 7.06. The number of aromatic nitrogens is 2. The lowest BCUT2D eigenvalue weighted by Gasteiger charge is -2.24. The molecule has 0 aliphatic rings. The fraction of sp³-hybridized carbons (Fsp3) is 0.467. The van der Waals surface area contributed by atoms with Crippen molar-refractivity contribution in [3.05, 3.63) is 42.4 Å². The Kier molecular flexibility index (Phi) is 4.80. The molecule has 0 radical (unpaired) electrons. The normalized spacial score (nSPS) is 13.9. The molecule has 1 amide bonds. The minimum atomic E-state index is -0.332. The molecule has 21 heavy (non-hydrogen) atoms. The van der Waals surface area contributed by atoms with Crippen LogP contribution in [0.2, 0.25) is 0 Å². The Morgan fingerprint density at radius 1 is 1.57 bits per heavy atom. The van der Waals surface area contributed by atoms with Crippen molar-refractivity contribution in [1.82, 2.24) is 19.8 Å². The van der Waals surface area contributed by atoms with Gasteiger partial charge in [0, 0.05) is 33.0 Å². The number of furan rings is 1. The second kappa shape index (κ2) is 6.58. The van der Waals surface area contributed by atoms with E-state index in [1.54, 1.807) is 24.4 Å². The maximum Gasteiger partial charge on any atom is 0.239 e. The third-order valence-electron chi connectivity index (χ3n) is 3.58. The predicted octanol–water partition coefficient (Wildman–Crippen LogP) is 1.56. The van der Waals surface area contributed by atoms with E-state index in [0.717, 1.165) is 11.6 Å². The minimum absolute atomic E-state index is 0.0447. The summed E-state index contributed by atoms with van der Waals surface area (Å²) < 4.78 is 7.42. The zero-order chi connectivity index (χ0) is 15.4. The summed E-state index contributed by atoms with van der Waals surface area (Å²) in [7, 11) is 3.72. The second-order valence-corrected chi connectivity index (χ2v) is 5.09. The molecule has 2 aromatic rings. The molecule has 0 fully saturated rings. The van der Waals surface area contributed by atoms with Crippen LogP contribution in [0.3, 0.4) is 0 Å². The summed E-state index contributed by atoms with van der Waals surface area (Å²) in [6.07, 6.45) is 5.23. The number of carbonyl (C=O) groups is 1. The predicted molar refractivity (Wildman–Crippen MR) is 79.7 cm³/mol. The number of hydrogen-bond acceptors (Lipinski definition) is 4. The van der Waals surface area contributed by atoms with Crippen molar-refractivity contribution in [2.45, 2.75) is 25.9 Å². The first kappa shape index (κ1) is 15.3. The lowest BCUT2D eigenvalue weighted by atomic mass is 10.1. The molecule has 2 aromatic heterocycles. The van der Waals surface area contributed by atoms with Gasteiger partial charge in [-0.15, -0.1) is 0 Å². The van der Waals surface area contributed by atoms with Gasteiger partial charge in [-0.05, 0) is 26.0 Å². The van der Waals surface area contributed by atoms with Gasteiger partial charge in [-0.1, -0.05) is 0 Å². The van der Waals surface area contributed by atoms with Crippen molar-refractivity contribution in [2.75, 3.05) is 13.6 Å². The number of nitrogens with one attached hydrogen (secondary N) is 1. The molecule has 2 atom stereocenters. The van der Waals surface area contributed by atoms with Gasteiger partial charge in [0.05, 0.1) is 12.3 Å². The lowest BCUT2D eigenvalue weighted by Crippen LogP contribution is -2.45. The van der Waals surface area contributed by atoms with Gasteiger partial charge >= 0.3 is 0 Å². The van der Waals surface area contributed by atoms with Crippen molar-refractivity contribution in [3.8, 4) is 0 Å². The average molecular weight is 290 g/mol. The van der Waals surface area contributed by atoms with E-state index in [1.165, 1.54) is 0 Å². The summed E-state index contributed by atoms with van der Waals surface area (Å²) in [6, 6.07) is 3.12. The fourth-order valence-electron chi connectivity index (χ4n) is 2.20. The Morgan fingerprint density at radius 2 is 2.33 bits per heavy atom. The van der Waals surface area contributed by atoms with Crippen LogP contribution in [0.15, 0.2) is 35.2 Å². The fourth-order valence-corrected chi connectivity index (χ4v) is 2.20. The van der Waals surface area contributed by atoms with Crippen LogP contribution in [-0.2, 0) is 11.8 Å². The zero-order valence-corrected chi connectivity index (χ0v) is 12.9. The summed E-state index contributed by atoms with van der Waals surface area (Å²) in [5.41, 5.74) is 0. The standard InChI is InChI=1S/C15H22N4O2/c1-5-18(3)15(20)11(2)17-13(12-7-6-10-21-12)14-16-8-9-19(14)4/h6-11,13,17H,5H2,1-4H3. The monoisotopic (exact) mass is 290 g/mol. The number of rotatable bonds is 6. The first-order chi connectivity index (χ1) is 10.0. The van der Waals surface area contributed by atoms with Gasteiger partial charge < -0.3 is 13.9 Å². The molecule has 0 aliphatic carbocycles. The number of imidazole rings is 1. The second-order valence-electron chi connectivity index (χ2n) is 5.09. The van der Waals surface area contributed by atoms with Gasteiger partial charge in [0.25, 0.3) is 0 Å². The quantitative estimate of drug-likeness (QED) is 0.877. The Labute approximate surface area is 124 Å². The molecule has 2 unspecified atom stereocenters. The highest BCUT2D eigenvalue weighted by atomic mass is 16.3. The van der Waals surface area contributed by atoms with E-state index in [4.69, 9.17) is 4.42 Å². The van der Waals surface area contributed by atoms with Gasteiger partial charge in [-0.3, -0.25) is 10.1 Å². The van der Waals surface area contributed by atoms with Gasteiger partial charge in [0.15, 0.2) is 0 Å². The number of nitrogens with zero attached hydrogens (tertiary/aromatic N) is 3. The molecule has 0 saturated heterocycles. The molecule has 1 N–H and O–H groups in total. The minimum Gasteiger partial charge on any atom is -0.467 e. The van der Waals surface area contributed by atoms with Gasteiger partial charge in [-0.2, -0.15) is 0 Å². The first-order valence-corrected chi connectivity index (χ1v) is 7.06. The molecule has 0 aliphatic heterocycles. The Bertz CT molecular complexity index is 576. The van der Waals surface area contributed by atoms with E-state index in [-0.39, 0.29) is 18.0 Å². The Hall–Kier alpha value is -2.08. The van der Waals surface area contributed by atoms with Gasteiger partial charge in [-0.25, -0.2) is 4.98 Å². The summed E-state index contributed by atoms with van der Waals surface area (Å²) in [5.74, 6) is 1.59. The van der Waals surface area contributed by atoms with Crippen molar-refractivity contribution >= 4 is 5.91 Å². The highest BCUT2D eigenvalue weighted by Crippen LogP contribution is 2.21. The van der Waals surface area contributed by atoms with Crippen LogP contribution in [0.4, 0.5) is 0 Å². The molecular weight excluding hydrogens is 268 g/mol. The maximum atomic E-state index is 12.2. The highest BCUT2D eigenvalue weighted by molar-refractivity contribution is 5.81. The van der Waals surface area contributed by atoms with E-state index in [1.807, 2.05) is 43.8 Å². The van der Waals surface area contributed by atoms with Crippen LogP contribution in [0.5, 0.6) is 0 Å². The van der Waals surface area contributed by atoms with Crippen molar-refractivity contribution in [2.24, 2.45) is 7.05 Å². The molecular formula is C15H22N4O2. The van der Waals surface area contributed by atoms with Crippen LogP contribution < -0.4 is 5.32 Å². The van der Waals surface area contributed by atoms with E-state index < -0.39 is 0 Å².